The largest absolute Gasteiger partial charge is 0.505 e. The normalized spacial score (nSPS) is 15.3. The average Bonchev–Trinajstić information content (AvgIpc) is 2.78. The molecule has 1 saturated heterocycles. The van der Waals surface area contributed by atoms with Crippen LogP contribution in [0.5, 0.6) is 11.5 Å². The summed E-state index contributed by atoms with van der Waals surface area (Å²) in [6.45, 7) is 2.24. The third kappa shape index (κ3) is 4.35. The number of ether oxygens (including phenoxy) is 1. The van der Waals surface area contributed by atoms with Gasteiger partial charge in [0.1, 0.15) is 17.0 Å². The van der Waals surface area contributed by atoms with Gasteiger partial charge >= 0.3 is 0 Å². The lowest BCUT2D eigenvalue weighted by Gasteiger charge is -2.32. The number of carbonyl (C=O) groups is 1. The summed E-state index contributed by atoms with van der Waals surface area (Å²) < 4.78 is 5.13. The number of aromatic nitrogens is 1. The highest BCUT2D eigenvalue weighted by Gasteiger charge is 2.22. The molecule has 1 amide bonds. The Bertz CT molecular complexity index is 1050. The average molecular weight is 426 g/mol. The minimum absolute atomic E-state index is 0.0684. The number of methoxy groups -OCH3 is 1. The molecular weight excluding hydrogens is 402 g/mol. The highest BCUT2D eigenvalue weighted by molar-refractivity contribution is 6.35. The van der Waals surface area contributed by atoms with E-state index < -0.39 is 0 Å². The van der Waals surface area contributed by atoms with Crippen LogP contribution in [-0.2, 0) is 6.54 Å². The summed E-state index contributed by atoms with van der Waals surface area (Å²) in [5.41, 5.74) is 1.93. The summed E-state index contributed by atoms with van der Waals surface area (Å²) in [4.78, 5) is 19.0. The molecule has 0 bridgehead atoms. The van der Waals surface area contributed by atoms with Crippen LogP contribution < -0.4 is 10.1 Å². The maximum absolute atomic E-state index is 12.5. The van der Waals surface area contributed by atoms with Crippen molar-refractivity contribution in [2.45, 2.75) is 25.4 Å². The Morgan fingerprint density at radius 2 is 2.00 bits per heavy atom. The monoisotopic (exact) mass is 425 g/mol. The van der Waals surface area contributed by atoms with Gasteiger partial charge in [-0.05, 0) is 55.3 Å². The number of fused-ring (bicyclic) bond motifs is 1. The first-order valence-corrected chi connectivity index (χ1v) is 10.4. The van der Waals surface area contributed by atoms with Crippen molar-refractivity contribution in [2.75, 3.05) is 20.2 Å². The van der Waals surface area contributed by atoms with Gasteiger partial charge in [-0.1, -0.05) is 11.6 Å². The zero-order valence-corrected chi connectivity index (χ0v) is 17.5. The quantitative estimate of drug-likeness (QED) is 0.646. The van der Waals surface area contributed by atoms with Gasteiger partial charge in [0.2, 0.25) is 0 Å². The van der Waals surface area contributed by atoms with Gasteiger partial charge in [-0.25, -0.2) is 0 Å². The smallest absolute Gasteiger partial charge is 0.251 e. The van der Waals surface area contributed by atoms with Crippen LogP contribution in [0.3, 0.4) is 0 Å². The van der Waals surface area contributed by atoms with Gasteiger partial charge in [0, 0.05) is 48.4 Å². The number of hydrogen-bond acceptors (Lipinski definition) is 5. The molecule has 0 radical (unpaired) electrons. The zero-order chi connectivity index (χ0) is 21.1. The number of halogens is 1. The molecule has 1 aromatic heterocycles. The highest BCUT2D eigenvalue weighted by atomic mass is 35.5. The lowest BCUT2D eigenvalue weighted by molar-refractivity contribution is 0.0909. The zero-order valence-electron chi connectivity index (χ0n) is 16.8. The van der Waals surface area contributed by atoms with Crippen LogP contribution in [0.25, 0.3) is 10.9 Å². The number of rotatable bonds is 5. The van der Waals surface area contributed by atoms with Crippen molar-refractivity contribution in [3.8, 4) is 11.5 Å². The number of phenols is 1. The molecule has 0 unspecified atom stereocenters. The van der Waals surface area contributed by atoms with Crippen LogP contribution in [0, 0.1) is 0 Å². The Morgan fingerprint density at radius 1 is 1.27 bits per heavy atom. The predicted molar refractivity (Wildman–Crippen MR) is 117 cm³/mol. The fourth-order valence-corrected chi connectivity index (χ4v) is 4.13. The first kappa shape index (κ1) is 20.4. The molecular formula is C23H24ClN3O3. The van der Waals surface area contributed by atoms with Crippen LogP contribution in [0.4, 0.5) is 0 Å². The van der Waals surface area contributed by atoms with E-state index in [1.54, 1.807) is 43.6 Å². The fraction of sp³-hybridized carbons (Fsp3) is 0.304. The Morgan fingerprint density at radius 3 is 2.70 bits per heavy atom. The molecule has 4 rings (SSSR count). The van der Waals surface area contributed by atoms with Crippen LogP contribution in [0.15, 0.2) is 48.7 Å². The van der Waals surface area contributed by atoms with Crippen molar-refractivity contribution >= 4 is 28.4 Å². The molecule has 2 aromatic carbocycles. The van der Waals surface area contributed by atoms with E-state index >= 15 is 0 Å². The molecule has 0 atom stereocenters. The maximum atomic E-state index is 12.5. The van der Waals surface area contributed by atoms with Crippen LogP contribution in [-0.4, -0.2) is 47.1 Å². The summed E-state index contributed by atoms with van der Waals surface area (Å²) in [5.74, 6) is 0.846. The number of nitrogens with zero attached hydrogens (tertiary/aromatic N) is 2. The van der Waals surface area contributed by atoms with E-state index in [1.807, 2.05) is 12.1 Å². The lowest BCUT2D eigenvalue weighted by Crippen LogP contribution is -2.44. The molecule has 30 heavy (non-hydrogen) atoms. The number of hydrogen-bond donors (Lipinski definition) is 2. The molecule has 1 aliphatic rings. The minimum Gasteiger partial charge on any atom is -0.505 e. The van der Waals surface area contributed by atoms with Crippen molar-refractivity contribution in [3.63, 3.8) is 0 Å². The van der Waals surface area contributed by atoms with Gasteiger partial charge in [0.25, 0.3) is 5.91 Å². The number of aromatic hydroxyl groups is 1. The first-order valence-electron chi connectivity index (χ1n) is 9.97. The third-order valence-electron chi connectivity index (χ3n) is 5.56. The maximum Gasteiger partial charge on any atom is 0.251 e. The molecule has 2 N–H and O–H groups in total. The third-order valence-corrected chi connectivity index (χ3v) is 5.88. The van der Waals surface area contributed by atoms with Gasteiger partial charge in [0.15, 0.2) is 0 Å². The van der Waals surface area contributed by atoms with E-state index in [0.717, 1.165) is 42.6 Å². The summed E-state index contributed by atoms with van der Waals surface area (Å²) in [5, 5.41) is 15.1. The molecule has 1 aliphatic heterocycles. The van der Waals surface area contributed by atoms with Gasteiger partial charge < -0.3 is 15.2 Å². The molecule has 156 valence electrons. The van der Waals surface area contributed by atoms with Crippen molar-refractivity contribution in [1.29, 1.82) is 0 Å². The number of benzene rings is 2. The van der Waals surface area contributed by atoms with E-state index in [2.05, 4.69) is 15.2 Å². The van der Waals surface area contributed by atoms with Crippen molar-refractivity contribution in [3.05, 3.63) is 64.8 Å². The van der Waals surface area contributed by atoms with Crippen molar-refractivity contribution < 1.29 is 14.6 Å². The molecule has 2 heterocycles. The van der Waals surface area contributed by atoms with E-state index in [4.69, 9.17) is 16.3 Å². The highest BCUT2D eigenvalue weighted by Crippen LogP contribution is 2.33. The van der Waals surface area contributed by atoms with E-state index in [9.17, 15) is 9.90 Å². The predicted octanol–water partition coefficient (Wildman–Crippen LogP) is 4.00. The second-order valence-electron chi connectivity index (χ2n) is 7.52. The van der Waals surface area contributed by atoms with Gasteiger partial charge in [-0.2, -0.15) is 0 Å². The molecule has 6 nitrogen and oxygen atoms in total. The number of pyridine rings is 1. The van der Waals surface area contributed by atoms with Crippen molar-refractivity contribution in [2.24, 2.45) is 0 Å². The van der Waals surface area contributed by atoms with Crippen molar-refractivity contribution in [1.82, 2.24) is 15.2 Å². The van der Waals surface area contributed by atoms with Gasteiger partial charge in [-0.3, -0.25) is 14.7 Å². The molecule has 3 aromatic rings. The molecule has 0 spiro atoms. The number of carbonyl (C=O) groups excluding carboxylic acids is 1. The number of phenolic OH excluding ortho intramolecular Hbond substituents is 1. The number of nitrogens with one attached hydrogen (secondary N) is 1. The Hall–Kier alpha value is -2.83. The second-order valence-corrected chi connectivity index (χ2v) is 7.93. The summed E-state index contributed by atoms with van der Waals surface area (Å²) >= 11 is 6.38. The molecule has 0 saturated carbocycles. The van der Waals surface area contributed by atoms with E-state index in [0.29, 0.717) is 22.6 Å². The Kier molecular flexibility index (Phi) is 6.06. The summed E-state index contributed by atoms with van der Waals surface area (Å²) in [6, 6.07) is 12.7. The van der Waals surface area contributed by atoms with Crippen LogP contribution >= 0.6 is 11.6 Å². The Labute approximate surface area is 180 Å². The Balaban J connectivity index is 1.35. The van der Waals surface area contributed by atoms with E-state index in [1.165, 1.54) is 0 Å². The minimum atomic E-state index is -0.0684. The number of piperidine rings is 1. The van der Waals surface area contributed by atoms with Crippen LogP contribution in [0.2, 0.25) is 5.02 Å². The second kappa shape index (κ2) is 8.90. The van der Waals surface area contributed by atoms with Crippen LogP contribution in [0.1, 0.15) is 28.8 Å². The summed E-state index contributed by atoms with van der Waals surface area (Å²) in [6.07, 6.45) is 3.35. The standard InChI is InChI=1S/C23H24ClN3O3/c1-30-18-6-4-15(5-7-18)23(29)26-17-8-11-27(12-9-17)14-16-13-20(24)19-3-2-10-25-21(19)22(16)28/h2-7,10,13,17,28H,8-9,11-12,14H2,1H3,(H,26,29). The first-order chi connectivity index (χ1) is 14.5. The number of amides is 1. The van der Waals surface area contributed by atoms with Gasteiger partial charge in [0.05, 0.1) is 12.1 Å². The van der Waals surface area contributed by atoms with Gasteiger partial charge in [-0.15, -0.1) is 0 Å². The fourth-order valence-electron chi connectivity index (χ4n) is 3.85. The SMILES string of the molecule is COc1ccc(C(=O)NC2CCN(Cc3cc(Cl)c4cccnc4c3O)CC2)cc1. The number of likely N-dealkylation sites (tertiary alicyclic amines) is 1. The molecule has 1 fully saturated rings. The lowest BCUT2D eigenvalue weighted by atomic mass is 10.0. The molecule has 7 heteroatoms. The topological polar surface area (TPSA) is 74.7 Å². The van der Waals surface area contributed by atoms with E-state index in [-0.39, 0.29) is 17.7 Å². The molecule has 0 aliphatic carbocycles. The summed E-state index contributed by atoms with van der Waals surface area (Å²) in [7, 11) is 1.60.